The maximum absolute atomic E-state index is 6.45. The van der Waals surface area contributed by atoms with Gasteiger partial charge in [-0.2, -0.15) is 0 Å². The van der Waals surface area contributed by atoms with Crippen LogP contribution in [-0.4, -0.2) is 43.8 Å². The molecule has 4 unspecified atom stereocenters. The minimum atomic E-state index is 0.399. The summed E-state index contributed by atoms with van der Waals surface area (Å²) < 4.78 is 5.33. The molecule has 4 atom stereocenters. The average Bonchev–Trinajstić information content (AvgIpc) is 3.28. The molecule has 124 valence electrons. The summed E-state index contributed by atoms with van der Waals surface area (Å²) in [5.74, 6) is 3.26. The van der Waals surface area contributed by atoms with Crippen molar-refractivity contribution in [3.63, 3.8) is 0 Å². The van der Waals surface area contributed by atoms with Crippen molar-refractivity contribution in [2.45, 2.75) is 65.0 Å². The molecule has 0 radical (unpaired) electrons. The third kappa shape index (κ3) is 4.94. The predicted molar refractivity (Wildman–Crippen MR) is 89.3 cm³/mol. The lowest BCUT2D eigenvalue weighted by molar-refractivity contribution is 0.0778. The van der Waals surface area contributed by atoms with Gasteiger partial charge in [0.1, 0.15) is 0 Å². The predicted octanol–water partition coefficient (Wildman–Crippen LogP) is 3.13. The van der Waals surface area contributed by atoms with Gasteiger partial charge in [-0.25, -0.2) is 0 Å². The standard InChI is InChI=1S/C18H36N2O/c1-13(2)16-7-8-18(19)17(11-16)12-20(9-10-21-4)14(3)15-5-6-15/h13-18H,5-12,19H2,1-4H3. The van der Waals surface area contributed by atoms with Crippen molar-refractivity contribution in [3.05, 3.63) is 0 Å². The summed E-state index contributed by atoms with van der Waals surface area (Å²) in [6.07, 6.45) is 6.68. The first kappa shape index (κ1) is 17.2. The summed E-state index contributed by atoms with van der Waals surface area (Å²) in [7, 11) is 1.81. The Labute approximate surface area is 131 Å². The number of methoxy groups -OCH3 is 1. The number of hydrogen-bond acceptors (Lipinski definition) is 3. The fourth-order valence-electron chi connectivity index (χ4n) is 3.99. The summed E-state index contributed by atoms with van der Waals surface area (Å²) in [6, 6.07) is 1.10. The highest BCUT2D eigenvalue weighted by Crippen LogP contribution is 2.37. The van der Waals surface area contributed by atoms with Gasteiger partial charge in [-0.3, -0.25) is 4.90 Å². The molecule has 3 nitrogen and oxygen atoms in total. The number of nitrogens with zero attached hydrogens (tertiary/aromatic N) is 1. The maximum atomic E-state index is 6.45. The summed E-state index contributed by atoms with van der Waals surface area (Å²) in [4.78, 5) is 2.66. The van der Waals surface area contributed by atoms with Crippen LogP contribution in [0.1, 0.15) is 52.9 Å². The first-order valence-electron chi connectivity index (χ1n) is 9.01. The highest BCUT2D eigenvalue weighted by molar-refractivity contribution is 4.90. The Morgan fingerprint density at radius 3 is 2.33 bits per heavy atom. The van der Waals surface area contributed by atoms with Crippen molar-refractivity contribution < 1.29 is 4.74 Å². The Morgan fingerprint density at radius 2 is 1.76 bits per heavy atom. The van der Waals surface area contributed by atoms with Gasteiger partial charge in [0.05, 0.1) is 6.61 Å². The number of nitrogens with two attached hydrogens (primary N) is 1. The first-order chi connectivity index (χ1) is 10.0. The van der Waals surface area contributed by atoms with Gasteiger partial charge in [-0.1, -0.05) is 13.8 Å². The highest BCUT2D eigenvalue weighted by atomic mass is 16.5. The molecule has 2 aliphatic carbocycles. The van der Waals surface area contributed by atoms with Crippen LogP contribution in [0.3, 0.4) is 0 Å². The first-order valence-corrected chi connectivity index (χ1v) is 9.01. The van der Waals surface area contributed by atoms with Crippen LogP contribution in [0.5, 0.6) is 0 Å². The molecule has 0 aromatic rings. The van der Waals surface area contributed by atoms with E-state index in [4.69, 9.17) is 10.5 Å². The van der Waals surface area contributed by atoms with E-state index in [-0.39, 0.29) is 0 Å². The maximum Gasteiger partial charge on any atom is 0.0589 e. The minimum absolute atomic E-state index is 0.399. The zero-order chi connectivity index (χ0) is 15.4. The van der Waals surface area contributed by atoms with Gasteiger partial charge >= 0.3 is 0 Å². The van der Waals surface area contributed by atoms with Gasteiger partial charge in [-0.05, 0) is 62.7 Å². The van der Waals surface area contributed by atoms with E-state index in [9.17, 15) is 0 Å². The zero-order valence-corrected chi connectivity index (χ0v) is 14.6. The molecule has 0 heterocycles. The molecule has 2 aliphatic rings. The van der Waals surface area contributed by atoms with Gasteiger partial charge in [0.2, 0.25) is 0 Å². The lowest BCUT2D eigenvalue weighted by Crippen LogP contribution is -2.47. The second-order valence-corrected chi connectivity index (χ2v) is 7.81. The van der Waals surface area contributed by atoms with Crippen molar-refractivity contribution in [1.82, 2.24) is 4.90 Å². The molecule has 3 heteroatoms. The van der Waals surface area contributed by atoms with Gasteiger partial charge in [0.15, 0.2) is 0 Å². The number of hydrogen-bond donors (Lipinski definition) is 1. The lowest BCUT2D eigenvalue weighted by atomic mass is 9.73. The van der Waals surface area contributed by atoms with Crippen molar-refractivity contribution in [2.24, 2.45) is 29.4 Å². The summed E-state index contributed by atoms with van der Waals surface area (Å²) in [5.41, 5.74) is 6.45. The molecule has 0 amide bonds. The molecule has 0 bridgehead atoms. The normalized spacial score (nSPS) is 31.9. The Hall–Kier alpha value is -0.120. The molecule has 2 N–H and O–H groups in total. The van der Waals surface area contributed by atoms with Crippen LogP contribution in [0.4, 0.5) is 0 Å². The Balaban J connectivity index is 1.92. The van der Waals surface area contributed by atoms with E-state index in [1.54, 1.807) is 7.11 Å². The SMILES string of the molecule is COCCN(CC1CC(C(C)C)CCC1N)C(C)C1CC1. The summed E-state index contributed by atoms with van der Waals surface area (Å²) in [6.45, 7) is 10.2. The minimum Gasteiger partial charge on any atom is -0.383 e. The summed E-state index contributed by atoms with van der Waals surface area (Å²) in [5, 5.41) is 0. The quantitative estimate of drug-likeness (QED) is 0.748. The van der Waals surface area contributed by atoms with Crippen LogP contribution in [0.2, 0.25) is 0 Å². The molecule has 0 spiro atoms. The van der Waals surface area contributed by atoms with Crippen LogP contribution < -0.4 is 5.73 Å². The molecule has 0 saturated heterocycles. The monoisotopic (exact) mass is 296 g/mol. The Bertz CT molecular complexity index is 304. The van der Waals surface area contributed by atoms with Crippen LogP contribution >= 0.6 is 0 Å². The van der Waals surface area contributed by atoms with Crippen LogP contribution in [0.25, 0.3) is 0 Å². The largest absolute Gasteiger partial charge is 0.383 e. The van der Waals surface area contributed by atoms with E-state index >= 15 is 0 Å². The van der Waals surface area contributed by atoms with Gasteiger partial charge in [0, 0.05) is 32.3 Å². The van der Waals surface area contributed by atoms with E-state index in [1.165, 1.54) is 38.6 Å². The second-order valence-electron chi connectivity index (χ2n) is 7.81. The molecule has 0 aromatic carbocycles. The van der Waals surface area contributed by atoms with E-state index < -0.39 is 0 Å². The Kier molecular flexibility index (Phi) is 6.51. The fourth-order valence-corrected chi connectivity index (χ4v) is 3.99. The van der Waals surface area contributed by atoms with Crippen LogP contribution in [0.15, 0.2) is 0 Å². The molecular formula is C18H36N2O. The fraction of sp³-hybridized carbons (Fsp3) is 1.00. The van der Waals surface area contributed by atoms with Crippen molar-refractivity contribution >= 4 is 0 Å². The zero-order valence-electron chi connectivity index (χ0n) is 14.6. The third-order valence-electron chi connectivity index (χ3n) is 5.96. The molecule has 0 aliphatic heterocycles. The summed E-state index contributed by atoms with van der Waals surface area (Å²) >= 11 is 0. The smallest absolute Gasteiger partial charge is 0.0589 e. The lowest BCUT2D eigenvalue weighted by Gasteiger charge is -2.40. The van der Waals surface area contributed by atoms with Crippen LogP contribution in [0, 0.1) is 23.7 Å². The molecule has 2 rings (SSSR count). The highest BCUT2D eigenvalue weighted by Gasteiger charge is 2.35. The van der Waals surface area contributed by atoms with E-state index in [2.05, 4.69) is 25.7 Å². The van der Waals surface area contributed by atoms with Crippen molar-refractivity contribution in [3.8, 4) is 0 Å². The molecular weight excluding hydrogens is 260 g/mol. The van der Waals surface area contributed by atoms with Crippen LogP contribution in [-0.2, 0) is 4.74 Å². The van der Waals surface area contributed by atoms with E-state index in [0.29, 0.717) is 18.0 Å². The Morgan fingerprint density at radius 1 is 1.10 bits per heavy atom. The van der Waals surface area contributed by atoms with Crippen molar-refractivity contribution in [2.75, 3.05) is 26.8 Å². The number of rotatable bonds is 8. The molecule has 0 aromatic heterocycles. The molecule has 2 fully saturated rings. The van der Waals surface area contributed by atoms with Gasteiger partial charge in [-0.15, -0.1) is 0 Å². The van der Waals surface area contributed by atoms with E-state index in [0.717, 1.165) is 30.9 Å². The number of ether oxygens (including phenoxy) is 1. The third-order valence-corrected chi connectivity index (χ3v) is 5.96. The van der Waals surface area contributed by atoms with Crippen molar-refractivity contribution in [1.29, 1.82) is 0 Å². The molecule has 2 saturated carbocycles. The van der Waals surface area contributed by atoms with Gasteiger partial charge < -0.3 is 10.5 Å². The van der Waals surface area contributed by atoms with Gasteiger partial charge in [0.25, 0.3) is 0 Å². The average molecular weight is 296 g/mol. The topological polar surface area (TPSA) is 38.5 Å². The second kappa shape index (κ2) is 7.94. The van der Waals surface area contributed by atoms with E-state index in [1.807, 2.05) is 0 Å². The molecule has 21 heavy (non-hydrogen) atoms.